The van der Waals surface area contributed by atoms with Crippen molar-refractivity contribution in [3.8, 4) is 0 Å². The molecule has 2 rings (SSSR count). The summed E-state index contributed by atoms with van der Waals surface area (Å²) in [5.74, 6) is -4.16. The lowest BCUT2D eigenvalue weighted by Crippen LogP contribution is -2.48. The third-order valence-electron chi connectivity index (χ3n) is 7.79. The summed E-state index contributed by atoms with van der Waals surface area (Å²) in [5, 5.41) is 125. The fourth-order valence-corrected chi connectivity index (χ4v) is 4.59. The van der Waals surface area contributed by atoms with Crippen molar-refractivity contribution in [2.45, 2.75) is 74.5 Å². The van der Waals surface area contributed by atoms with Gasteiger partial charge in [-0.25, -0.2) is 19.2 Å². The Labute approximate surface area is 352 Å². The third-order valence-corrected chi connectivity index (χ3v) is 8.30. The number of nitrogens with one attached hydrogen (secondary N) is 4. The van der Waals surface area contributed by atoms with Crippen molar-refractivity contribution in [3.63, 3.8) is 0 Å². The Hall–Kier alpha value is -4.96. The molecule has 0 fully saturated rings. The number of carboxylic acids is 2. The van der Waals surface area contributed by atoms with Crippen LogP contribution in [0.15, 0.2) is 48.5 Å². The summed E-state index contributed by atoms with van der Waals surface area (Å²) < 4.78 is 0. The third kappa shape index (κ3) is 20.3. The molecule has 8 atom stereocenters. The minimum atomic E-state index is -2.20. The molecular formula is C34H52Cl2N8O16. The van der Waals surface area contributed by atoms with E-state index in [-0.39, 0.29) is 25.0 Å². The average Bonchev–Trinajstić information content (AvgIpc) is 3.21. The molecule has 24 nitrogen and oxygen atoms in total. The first-order valence-electron chi connectivity index (χ1n) is 17.5. The monoisotopic (exact) mass is 898 g/mol. The Morgan fingerprint density at radius 3 is 1.07 bits per heavy atom. The first-order chi connectivity index (χ1) is 28.0. The Bertz CT molecular complexity index is 1530. The molecule has 0 spiro atoms. The number of carbonyl (C=O) groups is 4. The molecule has 2 aromatic carbocycles. The van der Waals surface area contributed by atoms with E-state index in [1.165, 1.54) is 0 Å². The van der Waals surface area contributed by atoms with E-state index in [1.807, 2.05) is 0 Å². The molecule has 0 aromatic heterocycles. The van der Waals surface area contributed by atoms with E-state index in [2.05, 4.69) is 10.6 Å². The van der Waals surface area contributed by atoms with Gasteiger partial charge in [-0.2, -0.15) is 0 Å². The Morgan fingerprint density at radius 2 is 0.833 bits per heavy atom. The number of nitrogens with zero attached hydrogens (tertiary/aromatic N) is 2. The average molecular weight is 900 g/mol. The molecule has 60 heavy (non-hydrogen) atoms. The molecule has 4 amide bonds. The lowest BCUT2D eigenvalue weighted by Gasteiger charge is -2.23. The second-order valence-electron chi connectivity index (χ2n) is 12.4. The number of carbonyl (C=O) groups excluding carboxylic acids is 2. The molecule has 0 radical (unpaired) electrons. The van der Waals surface area contributed by atoms with E-state index in [0.717, 1.165) is 22.6 Å². The summed E-state index contributed by atoms with van der Waals surface area (Å²) in [4.78, 5) is 47.3. The Balaban J connectivity index is 0.00000110. The number of rotatable bonds is 19. The SMILES string of the molecule is N=C(N)N(CCCCCCN(C(=N)N)C(=O)Nc1ccc(Cl)cc1)C(=O)Nc1ccc(Cl)cc1.O=C(O)[C@H](O)[C@@H](O)[C@H](O)[C@H](O)CO.O=C(O)[C@H](O)[C@@H](O)[C@H](O)[C@H](O)CO. The molecule has 0 heterocycles. The smallest absolute Gasteiger partial charge is 0.335 e. The molecule has 0 bridgehead atoms. The van der Waals surface area contributed by atoms with Gasteiger partial charge in [0.1, 0.15) is 36.6 Å². The van der Waals surface area contributed by atoms with E-state index >= 15 is 0 Å². The maximum Gasteiger partial charge on any atom is 0.335 e. The number of hydrogen-bond acceptors (Lipinski definition) is 16. The van der Waals surface area contributed by atoms with Gasteiger partial charge < -0.3 is 83.4 Å². The zero-order chi connectivity index (χ0) is 46.3. The van der Waals surface area contributed by atoms with E-state index in [9.17, 15) is 19.2 Å². The molecule has 0 aliphatic heterocycles. The van der Waals surface area contributed by atoms with Crippen molar-refractivity contribution in [2.75, 3.05) is 36.9 Å². The van der Waals surface area contributed by atoms with Gasteiger partial charge in [-0.3, -0.25) is 20.6 Å². The normalized spacial score (nSPS) is 14.7. The van der Waals surface area contributed by atoms with E-state index in [4.69, 9.17) is 107 Å². The van der Waals surface area contributed by atoms with Crippen molar-refractivity contribution in [1.82, 2.24) is 9.80 Å². The molecule has 0 aliphatic carbocycles. The minimum Gasteiger partial charge on any atom is -0.479 e. The maximum atomic E-state index is 12.4. The van der Waals surface area contributed by atoms with Crippen molar-refractivity contribution in [1.29, 1.82) is 10.8 Å². The van der Waals surface area contributed by atoms with Gasteiger partial charge in [0.2, 0.25) is 0 Å². The van der Waals surface area contributed by atoms with E-state index < -0.39 is 86.0 Å². The summed E-state index contributed by atoms with van der Waals surface area (Å²) in [5.41, 5.74) is 12.2. The highest BCUT2D eigenvalue weighted by atomic mass is 35.5. The van der Waals surface area contributed by atoms with Gasteiger partial charge in [-0.1, -0.05) is 36.0 Å². The number of nitrogens with two attached hydrogens (primary N) is 2. The summed E-state index contributed by atoms with van der Waals surface area (Å²) in [6.45, 7) is -1.15. The topological polar surface area (TPSA) is 441 Å². The van der Waals surface area contributed by atoms with Crippen LogP contribution in [0.4, 0.5) is 21.0 Å². The number of urea groups is 2. The quantitative estimate of drug-likeness (QED) is 0.0401. The van der Waals surface area contributed by atoms with Crippen LogP contribution < -0.4 is 22.1 Å². The van der Waals surface area contributed by atoms with Gasteiger partial charge in [-0.15, -0.1) is 0 Å². The summed E-state index contributed by atoms with van der Waals surface area (Å²) in [6, 6.07) is 12.2. The number of benzene rings is 2. The van der Waals surface area contributed by atoms with Crippen LogP contribution in [0.5, 0.6) is 0 Å². The van der Waals surface area contributed by atoms with Crippen LogP contribution >= 0.6 is 23.2 Å². The van der Waals surface area contributed by atoms with Crippen LogP contribution in [-0.2, 0) is 9.59 Å². The molecule has 0 saturated heterocycles. The number of anilines is 2. The zero-order valence-corrected chi connectivity index (χ0v) is 33.2. The summed E-state index contributed by atoms with van der Waals surface area (Å²) in [7, 11) is 0. The number of aliphatic hydroxyl groups excluding tert-OH is 10. The number of halogens is 2. The molecule has 338 valence electrons. The lowest BCUT2D eigenvalue weighted by molar-refractivity contribution is -0.164. The number of carboxylic acid groups (broad SMARTS) is 2. The second kappa shape index (κ2) is 28.5. The van der Waals surface area contributed by atoms with Crippen molar-refractivity contribution in [2.24, 2.45) is 11.5 Å². The van der Waals surface area contributed by atoms with Crippen molar-refractivity contribution >= 4 is 70.5 Å². The number of aliphatic hydroxyl groups is 10. The maximum absolute atomic E-state index is 12.4. The van der Waals surface area contributed by atoms with Crippen LogP contribution in [0.1, 0.15) is 25.7 Å². The van der Waals surface area contributed by atoms with Crippen LogP contribution in [0.3, 0.4) is 0 Å². The first-order valence-corrected chi connectivity index (χ1v) is 18.2. The molecule has 0 unspecified atom stereocenters. The number of aliphatic carboxylic acids is 2. The van der Waals surface area contributed by atoms with Crippen molar-refractivity contribution < 1.29 is 80.5 Å². The van der Waals surface area contributed by atoms with Crippen LogP contribution in [-0.4, -0.2) is 182 Å². The van der Waals surface area contributed by atoms with E-state index in [0.29, 0.717) is 34.3 Å². The highest BCUT2D eigenvalue weighted by Crippen LogP contribution is 2.16. The van der Waals surface area contributed by atoms with Crippen molar-refractivity contribution in [3.05, 3.63) is 58.6 Å². The minimum absolute atomic E-state index is 0.266. The second-order valence-corrected chi connectivity index (χ2v) is 13.3. The molecule has 26 heteroatoms. The standard InChI is InChI=1S/C22H28Cl2N8O2.2C6H12O7/c23-15-5-9-17(10-6-15)29-21(33)31(19(25)26)13-3-1-2-4-14-32(20(27)28)22(34)30-18-11-7-16(24)8-12-18;2*7-1-2(8)3(9)4(10)5(11)6(12)13/h5-12H,1-4,13-14H2,(H3,25,26)(H3,27,28)(H,29,33)(H,30,34);2*2-5,7-11H,1H2,(H,12,13)/t;2*2-,3-,4+,5-/m.11/s1. The molecule has 0 aliphatic rings. The van der Waals surface area contributed by atoms with E-state index in [1.54, 1.807) is 48.5 Å². The van der Waals surface area contributed by atoms with Crippen LogP contribution in [0, 0.1) is 10.8 Å². The largest absolute Gasteiger partial charge is 0.479 e. The zero-order valence-electron chi connectivity index (χ0n) is 31.7. The Kier molecular flexibility index (Phi) is 26.1. The predicted octanol–water partition coefficient (Wildman–Crippen LogP) is -2.28. The number of amides is 4. The summed E-state index contributed by atoms with van der Waals surface area (Å²) in [6.07, 6.45) is -13.0. The first kappa shape index (κ1) is 55.0. The number of unbranched alkanes of at least 4 members (excludes halogenated alkanes) is 3. The lowest BCUT2D eigenvalue weighted by atomic mass is 10.0. The fraction of sp³-hybridized carbons (Fsp3) is 0.471. The van der Waals surface area contributed by atoms with Crippen LogP contribution in [0.2, 0.25) is 10.0 Å². The number of hydrogen-bond donors (Lipinski definition) is 18. The fourth-order valence-electron chi connectivity index (χ4n) is 4.34. The predicted molar refractivity (Wildman–Crippen MR) is 214 cm³/mol. The van der Waals surface area contributed by atoms with Gasteiger partial charge in [0.15, 0.2) is 24.1 Å². The highest BCUT2D eigenvalue weighted by Gasteiger charge is 2.35. The van der Waals surface area contributed by atoms with Gasteiger partial charge >= 0.3 is 24.0 Å². The molecule has 0 saturated carbocycles. The molecule has 20 N–H and O–H groups in total. The van der Waals surface area contributed by atoms with Gasteiger partial charge in [0, 0.05) is 34.5 Å². The van der Waals surface area contributed by atoms with Gasteiger partial charge in [0.05, 0.1) is 13.2 Å². The highest BCUT2D eigenvalue weighted by molar-refractivity contribution is 6.31. The number of guanidine groups is 2. The molecular weight excluding hydrogens is 847 g/mol. The van der Waals surface area contributed by atoms with Gasteiger partial charge in [-0.05, 0) is 61.4 Å². The molecule has 2 aromatic rings. The summed E-state index contributed by atoms with van der Waals surface area (Å²) >= 11 is 11.7. The van der Waals surface area contributed by atoms with Gasteiger partial charge in [0.25, 0.3) is 0 Å². The van der Waals surface area contributed by atoms with Crippen LogP contribution in [0.25, 0.3) is 0 Å². The Morgan fingerprint density at radius 1 is 0.550 bits per heavy atom.